The molecule has 0 bridgehead atoms. The van der Waals surface area contributed by atoms with E-state index in [1.54, 1.807) is 13.8 Å². The quantitative estimate of drug-likeness (QED) is 0.827. The highest BCUT2D eigenvalue weighted by Gasteiger charge is 2.20. The predicted molar refractivity (Wildman–Crippen MR) is 58.1 cm³/mol. The van der Waals surface area contributed by atoms with Gasteiger partial charge in [0.25, 0.3) is 0 Å². The molecule has 0 aromatic heterocycles. The zero-order chi connectivity index (χ0) is 11.9. The summed E-state index contributed by atoms with van der Waals surface area (Å²) < 4.78 is 22.0. The highest BCUT2D eigenvalue weighted by Crippen LogP contribution is 2.29. The summed E-state index contributed by atoms with van der Waals surface area (Å²) in [6, 6.07) is 3.99. The number of nitrogens with two attached hydrogens (primary N) is 1. The molecule has 0 aliphatic carbocycles. The van der Waals surface area contributed by atoms with Crippen LogP contribution in [0.25, 0.3) is 0 Å². The van der Waals surface area contributed by atoms with Crippen LogP contribution in [0.5, 0.6) is 0 Å². The number of benzene rings is 1. The van der Waals surface area contributed by atoms with E-state index in [9.17, 15) is 13.5 Å². The maximum Gasteiger partial charge on any atom is 0.238 e. The van der Waals surface area contributed by atoms with Crippen LogP contribution in [0.1, 0.15) is 19.4 Å². The Morgan fingerprint density at radius 2 is 1.93 bits per heavy atom. The van der Waals surface area contributed by atoms with Crippen molar-refractivity contribution >= 4 is 21.6 Å². The molecule has 0 saturated carbocycles. The van der Waals surface area contributed by atoms with E-state index < -0.39 is 15.6 Å². The van der Waals surface area contributed by atoms with Crippen molar-refractivity contribution in [2.45, 2.75) is 24.3 Å². The topological polar surface area (TPSA) is 80.4 Å². The second kappa shape index (κ2) is 3.75. The minimum Gasteiger partial charge on any atom is -0.386 e. The second-order valence-corrected chi connectivity index (χ2v) is 5.71. The molecule has 0 fully saturated rings. The molecule has 0 aliphatic heterocycles. The summed E-state index contributed by atoms with van der Waals surface area (Å²) in [6.07, 6.45) is 0. The van der Waals surface area contributed by atoms with Crippen LogP contribution in [0.3, 0.4) is 0 Å². The van der Waals surface area contributed by atoms with Gasteiger partial charge in [-0.1, -0.05) is 17.7 Å². The monoisotopic (exact) mass is 249 g/mol. The number of aliphatic hydroxyl groups is 1. The third-order valence-corrected chi connectivity index (χ3v) is 3.15. The lowest BCUT2D eigenvalue weighted by molar-refractivity contribution is 0.0786. The van der Waals surface area contributed by atoms with Crippen LogP contribution in [0, 0.1) is 0 Å². The van der Waals surface area contributed by atoms with Crippen LogP contribution < -0.4 is 5.14 Å². The van der Waals surface area contributed by atoms with Crippen LogP contribution >= 0.6 is 11.6 Å². The van der Waals surface area contributed by atoms with Gasteiger partial charge in [-0.3, -0.25) is 0 Å². The SMILES string of the molecule is CC(C)(O)c1ccc(S(N)(=O)=O)cc1Cl. The van der Waals surface area contributed by atoms with Gasteiger partial charge in [0, 0.05) is 10.6 Å². The lowest BCUT2D eigenvalue weighted by atomic mass is 9.99. The van der Waals surface area contributed by atoms with E-state index in [-0.39, 0.29) is 9.92 Å². The summed E-state index contributed by atoms with van der Waals surface area (Å²) in [4.78, 5) is -0.0690. The first-order chi connectivity index (χ1) is 6.62. The molecule has 0 unspecified atom stereocenters. The largest absolute Gasteiger partial charge is 0.386 e. The van der Waals surface area contributed by atoms with Crippen molar-refractivity contribution in [2.75, 3.05) is 0 Å². The Hall–Kier alpha value is -0.620. The number of hydrogen-bond acceptors (Lipinski definition) is 3. The van der Waals surface area contributed by atoms with E-state index in [0.717, 1.165) is 0 Å². The molecule has 4 nitrogen and oxygen atoms in total. The second-order valence-electron chi connectivity index (χ2n) is 3.75. The normalized spacial score (nSPS) is 12.9. The summed E-state index contributed by atoms with van der Waals surface area (Å²) >= 11 is 5.84. The maximum absolute atomic E-state index is 11.0. The van der Waals surface area contributed by atoms with Gasteiger partial charge in [0.1, 0.15) is 0 Å². The van der Waals surface area contributed by atoms with Gasteiger partial charge in [0.15, 0.2) is 0 Å². The molecule has 84 valence electrons. The van der Waals surface area contributed by atoms with Crippen molar-refractivity contribution in [3.63, 3.8) is 0 Å². The molecule has 0 heterocycles. The third-order valence-electron chi connectivity index (χ3n) is 1.93. The molecule has 1 aromatic carbocycles. The smallest absolute Gasteiger partial charge is 0.238 e. The summed E-state index contributed by atoms with van der Waals surface area (Å²) in [7, 11) is -3.75. The standard InChI is InChI=1S/C9H12ClNO3S/c1-9(2,12)7-4-3-6(5-8(7)10)15(11,13)14/h3-5,12H,1-2H3,(H2,11,13,14). The Bertz CT molecular complexity index is 477. The lowest BCUT2D eigenvalue weighted by Gasteiger charge is -2.19. The molecular weight excluding hydrogens is 238 g/mol. The fourth-order valence-corrected chi connectivity index (χ4v) is 2.19. The Morgan fingerprint density at radius 3 is 2.27 bits per heavy atom. The summed E-state index contributed by atoms with van der Waals surface area (Å²) in [5, 5.41) is 14.8. The number of rotatable bonds is 2. The molecule has 1 rings (SSSR count). The molecule has 1 aromatic rings. The predicted octanol–water partition coefficient (Wildman–Crippen LogP) is 1.21. The maximum atomic E-state index is 11.0. The van der Waals surface area contributed by atoms with Crippen molar-refractivity contribution in [2.24, 2.45) is 5.14 Å². The van der Waals surface area contributed by atoms with Crippen molar-refractivity contribution < 1.29 is 13.5 Å². The number of sulfonamides is 1. The Labute approximate surface area is 93.7 Å². The third kappa shape index (κ3) is 2.92. The molecular formula is C9H12ClNO3S. The van der Waals surface area contributed by atoms with E-state index in [1.807, 2.05) is 0 Å². The fourth-order valence-electron chi connectivity index (χ4n) is 1.17. The molecule has 0 saturated heterocycles. The average Bonchev–Trinajstić information content (AvgIpc) is 1.99. The van der Waals surface area contributed by atoms with Gasteiger partial charge in [0.05, 0.1) is 10.5 Å². The van der Waals surface area contributed by atoms with Gasteiger partial charge < -0.3 is 5.11 Å². The zero-order valence-electron chi connectivity index (χ0n) is 8.36. The van der Waals surface area contributed by atoms with E-state index in [2.05, 4.69) is 0 Å². The molecule has 6 heteroatoms. The van der Waals surface area contributed by atoms with Crippen molar-refractivity contribution in [3.05, 3.63) is 28.8 Å². The van der Waals surface area contributed by atoms with E-state index >= 15 is 0 Å². The van der Waals surface area contributed by atoms with Crippen molar-refractivity contribution in [1.29, 1.82) is 0 Å². The van der Waals surface area contributed by atoms with Crippen LogP contribution in [0.4, 0.5) is 0 Å². The number of hydrogen-bond donors (Lipinski definition) is 2. The van der Waals surface area contributed by atoms with Gasteiger partial charge in [-0.15, -0.1) is 0 Å². The summed E-state index contributed by atoms with van der Waals surface area (Å²) in [5.74, 6) is 0. The molecule has 0 spiro atoms. The van der Waals surface area contributed by atoms with Gasteiger partial charge in [-0.2, -0.15) is 0 Å². The first kappa shape index (κ1) is 12.4. The first-order valence-corrected chi connectivity index (χ1v) is 6.10. The number of halogens is 1. The van der Waals surface area contributed by atoms with Crippen molar-refractivity contribution in [3.8, 4) is 0 Å². The lowest BCUT2D eigenvalue weighted by Crippen LogP contribution is -2.17. The van der Waals surface area contributed by atoms with Gasteiger partial charge in [-0.05, 0) is 26.0 Å². The Balaban J connectivity index is 3.34. The van der Waals surface area contributed by atoms with Gasteiger partial charge in [-0.25, -0.2) is 13.6 Å². The first-order valence-electron chi connectivity index (χ1n) is 4.17. The van der Waals surface area contributed by atoms with Crippen LogP contribution in [0.2, 0.25) is 5.02 Å². The zero-order valence-corrected chi connectivity index (χ0v) is 9.93. The fraction of sp³-hybridized carbons (Fsp3) is 0.333. The average molecular weight is 250 g/mol. The molecule has 15 heavy (non-hydrogen) atoms. The highest BCUT2D eigenvalue weighted by molar-refractivity contribution is 7.89. The molecule has 0 aliphatic rings. The van der Waals surface area contributed by atoms with Gasteiger partial charge in [0.2, 0.25) is 10.0 Å². The van der Waals surface area contributed by atoms with Crippen LogP contribution in [-0.2, 0) is 15.6 Å². The Morgan fingerprint density at radius 1 is 1.40 bits per heavy atom. The Kier molecular flexibility index (Phi) is 3.11. The van der Waals surface area contributed by atoms with E-state index in [0.29, 0.717) is 5.56 Å². The minimum atomic E-state index is -3.75. The van der Waals surface area contributed by atoms with Crippen molar-refractivity contribution in [1.82, 2.24) is 0 Å². The molecule has 0 amide bonds. The molecule has 0 radical (unpaired) electrons. The minimum absolute atomic E-state index is 0.0690. The molecule has 0 atom stereocenters. The van der Waals surface area contributed by atoms with Gasteiger partial charge >= 0.3 is 0 Å². The molecule has 3 N–H and O–H groups in total. The van der Waals surface area contributed by atoms with Crippen LogP contribution in [-0.4, -0.2) is 13.5 Å². The highest BCUT2D eigenvalue weighted by atomic mass is 35.5. The summed E-state index contributed by atoms with van der Waals surface area (Å²) in [5.41, 5.74) is -0.662. The van der Waals surface area contributed by atoms with E-state index in [1.165, 1.54) is 18.2 Å². The summed E-state index contributed by atoms with van der Waals surface area (Å²) in [6.45, 7) is 3.12. The number of primary sulfonamides is 1. The van der Waals surface area contributed by atoms with Crippen LogP contribution in [0.15, 0.2) is 23.1 Å². The van der Waals surface area contributed by atoms with E-state index in [4.69, 9.17) is 16.7 Å².